The molecule has 1 atom stereocenters. The van der Waals surface area contributed by atoms with Gasteiger partial charge < -0.3 is 5.73 Å². The number of halogens is 2. The normalized spacial score (nSPS) is 20.5. The maximum atomic E-state index is 6.37. The average molecular weight is 272 g/mol. The number of nitrogens with two attached hydrogens (primary N) is 1. The molecule has 1 aliphatic rings. The van der Waals surface area contributed by atoms with Crippen molar-refractivity contribution in [3.8, 4) is 0 Å². The lowest BCUT2D eigenvalue weighted by atomic mass is 9.78. The molecule has 1 aliphatic carbocycles. The van der Waals surface area contributed by atoms with Gasteiger partial charge in [-0.15, -0.1) is 0 Å². The lowest BCUT2D eigenvalue weighted by molar-refractivity contribution is 0.260. The van der Waals surface area contributed by atoms with Gasteiger partial charge in [0.1, 0.15) is 0 Å². The Kier molecular flexibility index (Phi) is 4.02. The van der Waals surface area contributed by atoms with Crippen molar-refractivity contribution >= 4 is 23.2 Å². The number of benzene rings is 1. The molecule has 2 rings (SSSR count). The van der Waals surface area contributed by atoms with Crippen molar-refractivity contribution in [2.24, 2.45) is 11.1 Å². The van der Waals surface area contributed by atoms with Crippen LogP contribution in [0.2, 0.25) is 10.0 Å². The third kappa shape index (κ3) is 2.78. The second-order valence-corrected chi connectivity index (χ2v) is 6.19. The van der Waals surface area contributed by atoms with E-state index < -0.39 is 0 Å². The molecule has 0 bridgehead atoms. The van der Waals surface area contributed by atoms with Gasteiger partial charge in [0.25, 0.3) is 0 Å². The van der Waals surface area contributed by atoms with Gasteiger partial charge in [0, 0.05) is 16.1 Å². The molecule has 1 nitrogen and oxygen atoms in total. The first-order valence-corrected chi connectivity index (χ1v) is 6.97. The predicted octanol–water partition coefficient (Wildman–Crippen LogP) is 4.44. The van der Waals surface area contributed by atoms with Crippen LogP contribution in [0.4, 0.5) is 0 Å². The molecule has 0 spiro atoms. The first kappa shape index (κ1) is 13.2. The van der Waals surface area contributed by atoms with E-state index in [9.17, 15) is 0 Å². The minimum absolute atomic E-state index is 0.141. The van der Waals surface area contributed by atoms with Crippen LogP contribution >= 0.6 is 23.2 Å². The van der Waals surface area contributed by atoms with Gasteiger partial charge in [0.2, 0.25) is 0 Å². The predicted molar refractivity (Wildman–Crippen MR) is 74.7 cm³/mol. The Hall–Kier alpha value is -0.240. The molecule has 3 heteroatoms. The Bertz CT molecular complexity index is 377. The van der Waals surface area contributed by atoms with Crippen molar-refractivity contribution in [3.63, 3.8) is 0 Å². The van der Waals surface area contributed by atoms with E-state index in [0.29, 0.717) is 0 Å². The highest BCUT2D eigenvalue weighted by atomic mass is 35.5. The van der Waals surface area contributed by atoms with Crippen molar-refractivity contribution < 1.29 is 0 Å². The van der Waals surface area contributed by atoms with Crippen molar-refractivity contribution in [2.75, 3.05) is 0 Å². The van der Waals surface area contributed by atoms with Gasteiger partial charge in [0.05, 0.1) is 0 Å². The molecular weight excluding hydrogens is 253 g/mol. The van der Waals surface area contributed by atoms with Crippen molar-refractivity contribution in [1.82, 2.24) is 0 Å². The van der Waals surface area contributed by atoms with Crippen LogP contribution in [0, 0.1) is 5.41 Å². The molecule has 0 heterocycles. The number of rotatable bonds is 3. The van der Waals surface area contributed by atoms with Gasteiger partial charge in [0.15, 0.2) is 0 Å². The molecule has 2 N–H and O–H groups in total. The van der Waals surface area contributed by atoms with Gasteiger partial charge in [-0.2, -0.15) is 0 Å². The zero-order valence-corrected chi connectivity index (χ0v) is 11.7. The molecular formula is C14H19Cl2N. The largest absolute Gasteiger partial charge is 0.327 e. The fourth-order valence-corrected chi connectivity index (χ4v) is 3.30. The third-order valence-corrected chi connectivity index (χ3v) is 4.83. The van der Waals surface area contributed by atoms with E-state index in [2.05, 4.69) is 6.92 Å². The van der Waals surface area contributed by atoms with Crippen LogP contribution in [-0.4, -0.2) is 6.04 Å². The molecule has 1 aromatic rings. The molecule has 0 saturated heterocycles. The Morgan fingerprint density at radius 1 is 1.24 bits per heavy atom. The van der Waals surface area contributed by atoms with E-state index in [4.69, 9.17) is 28.9 Å². The van der Waals surface area contributed by atoms with Gasteiger partial charge in [-0.3, -0.25) is 0 Å². The van der Waals surface area contributed by atoms with Gasteiger partial charge in [-0.25, -0.2) is 0 Å². The highest BCUT2D eigenvalue weighted by Crippen LogP contribution is 2.41. The maximum absolute atomic E-state index is 6.37. The summed E-state index contributed by atoms with van der Waals surface area (Å²) in [5.41, 5.74) is 7.61. The minimum atomic E-state index is 0.141. The second-order valence-electron chi connectivity index (χ2n) is 5.37. The topological polar surface area (TPSA) is 26.0 Å². The summed E-state index contributed by atoms with van der Waals surface area (Å²) in [4.78, 5) is 0. The van der Waals surface area contributed by atoms with Gasteiger partial charge >= 0.3 is 0 Å². The van der Waals surface area contributed by atoms with Crippen LogP contribution < -0.4 is 5.73 Å². The summed E-state index contributed by atoms with van der Waals surface area (Å²) < 4.78 is 0. The Labute approximate surface area is 113 Å². The molecule has 0 radical (unpaired) electrons. The molecule has 0 aromatic heterocycles. The van der Waals surface area contributed by atoms with Crippen LogP contribution in [0.3, 0.4) is 0 Å². The van der Waals surface area contributed by atoms with Crippen LogP contribution in [0.15, 0.2) is 18.2 Å². The molecule has 1 aromatic carbocycles. The zero-order chi connectivity index (χ0) is 12.5. The van der Waals surface area contributed by atoms with Crippen LogP contribution in [0.5, 0.6) is 0 Å². The van der Waals surface area contributed by atoms with Crippen molar-refractivity contribution in [2.45, 2.75) is 45.1 Å². The summed E-state index contributed by atoms with van der Waals surface area (Å²) in [6.45, 7) is 2.29. The Balaban J connectivity index is 2.15. The summed E-state index contributed by atoms with van der Waals surface area (Å²) in [6.07, 6.45) is 5.79. The SMILES string of the molecule is CC1(C(N)Cc2c(Cl)cccc2Cl)CCCC1. The summed E-state index contributed by atoms with van der Waals surface area (Å²) in [7, 11) is 0. The second kappa shape index (κ2) is 5.17. The van der Waals surface area contributed by atoms with Crippen molar-refractivity contribution in [1.29, 1.82) is 0 Å². The zero-order valence-electron chi connectivity index (χ0n) is 10.2. The highest BCUT2D eigenvalue weighted by molar-refractivity contribution is 6.36. The molecule has 17 heavy (non-hydrogen) atoms. The van der Waals surface area contributed by atoms with Crippen LogP contribution in [-0.2, 0) is 6.42 Å². The smallest absolute Gasteiger partial charge is 0.0453 e. The van der Waals surface area contributed by atoms with Crippen molar-refractivity contribution in [3.05, 3.63) is 33.8 Å². The van der Waals surface area contributed by atoms with Gasteiger partial charge in [-0.05, 0) is 42.4 Å². The fourth-order valence-electron chi connectivity index (χ4n) is 2.75. The number of hydrogen-bond donors (Lipinski definition) is 1. The van der Waals surface area contributed by atoms with Gasteiger partial charge in [-0.1, -0.05) is 49.0 Å². The fraction of sp³-hybridized carbons (Fsp3) is 0.571. The molecule has 1 fully saturated rings. The first-order chi connectivity index (χ1) is 8.03. The van der Waals surface area contributed by atoms with Crippen LogP contribution in [0.25, 0.3) is 0 Å². The van der Waals surface area contributed by atoms with Crippen LogP contribution in [0.1, 0.15) is 38.2 Å². The average Bonchev–Trinajstić information content (AvgIpc) is 2.72. The lowest BCUT2D eigenvalue weighted by Gasteiger charge is -2.31. The molecule has 0 amide bonds. The molecule has 1 saturated carbocycles. The van der Waals surface area contributed by atoms with E-state index in [0.717, 1.165) is 22.0 Å². The molecule has 1 unspecified atom stereocenters. The Morgan fingerprint density at radius 2 is 1.76 bits per heavy atom. The summed E-state index contributed by atoms with van der Waals surface area (Å²) in [6, 6.07) is 5.78. The van der Waals surface area contributed by atoms with E-state index in [1.807, 2.05) is 18.2 Å². The summed E-state index contributed by atoms with van der Waals surface area (Å²) in [5.74, 6) is 0. The highest BCUT2D eigenvalue weighted by Gasteiger charge is 2.35. The first-order valence-electron chi connectivity index (χ1n) is 6.21. The van der Waals surface area contributed by atoms with E-state index in [1.54, 1.807) is 0 Å². The Morgan fingerprint density at radius 3 is 2.29 bits per heavy atom. The van der Waals surface area contributed by atoms with E-state index >= 15 is 0 Å². The molecule has 0 aliphatic heterocycles. The maximum Gasteiger partial charge on any atom is 0.0453 e. The quantitative estimate of drug-likeness (QED) is 0.864. The summed E-state index contributed by atoms with van der Waals surface area (Å²) in [5, 5.41) is 1.46. The summed E-state index contributed by atoms with van der Waals surface area (Å²) >= 11 is 12.4. The van der Waals surface area contributed by atoms with E-state index in [-0.39, 0.29) is 11.5 Å². The monoisotopic (exact) mass is 271 g/mol. The lowest BCUT2D eigenvalue weighted by Crippen LogP contribution is -2.39. The standard InChI is InChI=1S/C14H19Cl2N/c1-14(7-2-3-8-14)13(17)9-10-11(15)5-4-6-12(10)16/h4-6,13H,2-3,7-9,17H2,1H3. The molecule has 94 valence electrons. The van der Waals surface area contributed by atoms with E-state index in [1.165, 1.54) is 25.7 Å². The third-order valence-electron chi connectivity index (χ3n) is 4.13. The minimum Gasteiger partial charge on any atom is -0.327 e. The number of hydrogen-bond acceptors (Lipinski definition) is 1.